The highest BCUT2D eigenvalue weighted by atomic mass is 16.7. The largest absolute Gasteiger partial charge is 0.480 e. The number of anilines is 1. The topological polar surface area (TPSA) is 88.5 Å². The number of carbonyl (C=O) groups is 2. The van der Waals surface area contributed by atoms with Gasteiger partial charge >= 0.3 is 5.97 Å². The van der Waals surface area contributed by atoms with Crippen LogP contribution in [-0.4, -0.2) is 47.9 Å². The van der Waals surface area contributed by atoms with E-state index < -0.39 is 18.1 Å². The van der Waals surface area contributed by atoms with Gasteiger partial charge in [-0.3, -0.25) is 4.79 Å². The molecular weight excluding hydrogens is 424 g/mol. The van der Waals surface area contributed by atoms with Gasteiger partial charge < -0.3 is 29.1 Å². The molecule has 2 unspecified atom stereocenters. The fourth-order valence-corrected chi connectivity index (χ4v) is 4.38. The molecule has 1 amide bonds. The lowest BCUT2D eigenvalue weighted by Gasteiger charge is -2.30. The van der Waals surface area contributed by atoms with E-state index >= 15 is 0 Å². The van der Waals surface area contributed by atoms with E-state index in [0.717, 1.165) is 24.3 Å². The number of nitrogens with zero attached hydrogens (tertiary/aromatic N) is 2. The second kappa shape index (κ2) is 9.21. The summed E-state index contributed by atoms with van der Waals surface area (Å²) in [5.74, 6) is 0.0573. The first-order valence-electron chi connectivity index (χ1n) is 11.3. The van der Waals surface area contributed by atoms with Crippen molar-refractivity contribution in [2.24, 2.45) is 5.92 Å². The lowest BCUT2D eigenvalue weighted by atomic mass is 10.0. The number of aliphatic carboxylic acids is 1. The molecule has 2 aromatic rings. The van der Waals surface area contributed by atoms with Crippen molar-refractivity contribution < 1.29 is 28.9 Å². The molecule has 2 atom stereocenters. The lowest BCUT2D eigenvalue weighted by molar-refractivity contribution is -0.154. The molecule has 2 aliphatic heterocycles. The van der Waals surface area contributed by atoms with Crippen molar-refractivity contribution in [3.8, 4) is 17.2 Å². The molecule has 0 fully saturated rings. The van der Waals surface area contributed by atoms with Gasteiger partial charge in [-0.25, -0.2) is 4.79 Å². The van der Waals surface area contributed by atoms with Crippen LogP contribution in [0.1, 0.15) is 44.9 Å². The van der Waals surface area contributed by atoms with E-state index in [1.807, 2.05) is 32.0 Å². The minimum Gasteiger partial charge on any atom is -0.480 e. The Hall–Kier alpha value is -3.42. The normalized spacial score (nSPS) is 19.2. The molecule has 2 aromatic carbocycles. The molecule has 33 heavy (non-hydrogen) atoms. The Bertz CT molecular complexity index is 1050. The van der Waals surface area contributed by atoms with Gasteiger partial charge in [0.05, 0.1) is 0 Å². The van der Waals surface area contributed by atoms with Gasteiger partial charge in [-0.05, 0) is 43.5 Å². The zero-order chi connectivity index (χ0) is 23.7. The molecule has 0 spiro atoms. The number of amides is 1. The van der Waals surface area contributed by atoms with Gasteiger partial charge in [0.2, 0.25) is 6.79 Å². The monoisotopic (exact) mass is 454 g/mol. The summed E-state index contributed by atoms with van der Waals surface area (Å²) in [7, 11) is 0. The summed E-state index contributed by atoms with van der Waals surface area (Å²) in [4.78, 5) is 29.7. The van der Waals surface area contributed by atoms with Gasteiger partial charge in [0.1, 0.15) is 5.75 Å². The van der Waals surface area contributed by atoms with Gasteiger partial charge in [0, 0.05) is 37.0 Å². The summed E-state index contributed by atoms with van der Waals surface area (Å²) < 4.78 is 17.0. The molecule has 0 aliphatic carbocycles. The van der Waals surface area contributed by atoms with Crippen LogP contribution in [0.25, 0.3) is 0 Å². The maximum absolute atomic E-state index is 13.6. The van der Waals surface area contributed by atoms with Gasteiger partial charge in [0.15, 0.2) is 23.6 Å². The second-order valence-corrected chi connectivity index (χ2v) is 8.57. The fraction of sp³-hybridized carbons (Fsp3) is 0.440. The molecule has 0 aromatic heterocycles. The fourth-order valence-electron chi connectivity index (χ4n) is 4.38. The standard InChI is InChI=1S/C25H30N2O6/c1-5-26(6-2)17-8-9-18-20(12-17)33-23(15(3)4)24(28)27(22(18)25(29)30)13-16-7-10-19-21(11-16)32-14-31-19/h7-12,15,22-23H,5-6,13-14H2,1-4H3,(H,29,30). The Labute approximate surface area is 193 Å². The van der Waals surface area contributed by atoms with Crippen molar-refractivity contribution in [1.82, 2.24) is 4.90 Å². The third-order valence-corrected chi connectivity index (χ3v) is 6.14. The first kappa shape index (κ1) is 22.8. The van der Waals surface area contributed by atoms with Crippen molar-refractivity contribution in [1.29, 1.82) is 0 Å². The van der Waals surface area contributed by atoms with E-state index in [4.69, 9.17) is 14.2 Å². The maximum Gasteiger partial charge on any atom is 0.331 e. The van der Waals surface area contributed by atoms with E-state index in [0.29, 0.717) is 22.8 Å². The molecule has 0 saturated heterocycles. The highest BCUT2D eigenvalue weighted by Gasteiger charge is 2.42. The number of ether oxygens (including phenoxy) is 3. The van der Waals surface area contributed by atoms with Crippen LogP contribution in [0.3, 0.4) is 0 Å². The van der Waals surface area contributed by atoms with Gasteiger partial charge in [-0.2, -0.15) is 0 Å². The maximum atomic E-state index is 13.6. The highest BCUT2D eigenvalue weighted by Crippen LogP contribution is 2.40. The van der Waals surface area contributed by atoms with Crippen LogP contribution in [0.15, 0.2) is 36.4 Å². The molecule has 0 saturated carbocycles. The Kier molecular flexibility index (Phi) is 6.35. The highest BCUT2D eigenvalue weighted by molar-refractivity contribution is 5.89. The summed E-state index contributed by atoms with van der Waals surface area (Å²) in [6, 6.07) is 9.72. The minimum absolute atomic E-state index is 0.107. The Morgan fingerprint density at radius 1 is 1.09 bits per heavy atom. The number of fused-ring (bicyclic) bond motifs is 2. The Balaban J connectivity index is 1.78. The minimum atomic E-state index is -1.17. The van der Waals surface area contributed by atoms with Gasteiger partial charge in [-0.1, -0.05) is 26.0 Å². The van der Waals surface area contributed by atoms with E-state index in [1.165, 1.54) is 4.90 Å². The summed E-state index contributed by atoms with van der Waals surface area (Å²) in [6.45, 7) is 9.78. The average Bonchev–Trinajstić information content (AvgIpc) is 3.21. The molecule has 176 valence electrons. The first-order chi connectivity index (χ1) is 15.8. The van der Waals surface area contributed by atoms with Crippen LogP contribution in [0.2, 0.25) is 0 Å². The van der Waals surface area contributed by atoms with Crippen molar-refractivity contribution in [2.45, 2.75) is 46.4 Å². The Morgan fingerprint density at radius 3 is 2.48 bits per heavy atom. The van der Waals surface area contributed by atoms with E-state index in [-0.39, 0.29) is 25.2 Å². The summed E-state index contributed by atoms with van der Waals surface area (Å²) in [5, 5.41) is 10.2. The predicted molar refractivity (Wildman–Crippen MR) is 123 cm³/mol. The summed E-state index contributed by atoms with van der Waals surface area (Å²) in [5.41, 5.74) is 2.15. The summed E-state index contributed by atoms with van der Waals surface area (Å²) >= 11 is 0. The smallest absolute Gasteiger partial charge is 0.331 e. The molecular formula is C25H30N2O6. The van der Waals surface area contributed by atoms with Crippen molar-refractivity contribution in [3.63, 3.8) is 0 Å². The van der Waals surface area contributed by atoms with Gasteiger partial charge in [0.25, 0.3) is 5.91 Å². The molecule has 2 heterocycles. The van der Waals surface area contributed by atoms with Crippen LogP contribution in [0.5, 0.6) is 17.2 Å². The van der Waals surface area contributed by atoms with Gasteiger partial charge in [-0.15, -0.1) is 0 Å². The third kappa shape index (κ3) is 4.29. The SMILES string of the molecule is CCN(CC)c1ccc2c(c1)OC(C(C)C)C(=O)N(Cc1ccc3c(c1)OCO3)C2C(=O)O. The number of carboxylic acid groups (broad SMARTS) is 1. The predicted octanol–water partition coefficient (Wildman–Crippen LogP) is 3.83. The molecule has 4 rings (SSSR count). The van der Waals surface area contributed by atoms with Crippen LogP contribution < -0.4 is 19.1 Å². The van der Waals surface area contributed by atoms with Crippen molar-refractivity contribution in [3.05, 3.63) is 47.5 Å². The molecule has 2 aliphatic rings. The second-order valence-electron chi connectivity index (χ2n) is 8.57. The quantitative estimate of drug-likeness (QED) is 0.680. The summed E-state index contributed by atoms with van der Waals surface area (Å²) in [6.07, 6.45) is -0.797. The van der Waals surface area contributed by atoms with E-state index in [1.54, 1.807) is 18.2 Å². The number of hydrogen-bond donors (Lipinski definition) is 1. The lowest BCUT2D eigenvalue weighted by Crippen LogP contribution is -2.45. The van der Waals surface area contributed by atoms with Crippen LogP contribution in [0, 0.1) is 5.92 Å². The zero-order valence-electron chi connectivity index (χ0n) is 19.4. The number of rotatable bonds is 7. The van der Waals surface area contributed by atoms with Crippen molar-refractivity contribution >= 4 is 17.6 Å². The number of benzene rings is 2. The van der Waals surface area contributed by atoms with Crippen LogP contribution in [0.4, 0.5) is 5.69 Å². The Morgan fingerprint density at radius 2 is 1.82 bits per heavy atom. The number of hydrogen-bond acceptors (Lipinski definition) is 6. The number of carboxylic acids is 1. The first-order valence-corrected chi connectivity index (χ1v) is 11.3. The van der Waals surface area contributed by atoms with Crippen LogP contribution in [-0.2, 0) is 16.1 Å². The molecule has 1 N–H and O–H groups in total. The average molecular weight is 455 g/mol. The molecule has 0 bridgehead atoms. The third-order valence-electron chi connectivity index (χ3n) is 6.14. The van der Waals surface area contributed by atoms with Crippen molar-refractivity contribution in [2.75, 3.05) is 24.8 Å². The molecule has 8 nitrogen and oxygen atoms in total. The molecule has 8 heteroatoms. The number of carbonyl (C=O) groups excluding carboxylic acids is 1. The zero-order valence-corrected chi connectivity index (χ0v) is 19.4. The molecule has 0 radical (unpaired) electrons. The van der Waals surface area contributed by atoms with E-state index in [9.17, 15) is 14.7 Å². The van der Waals surface area contributed by atoms with Crippen LogP contribution >= 0.6 is 0 Å². The van der Waals surface area contributed by atoms with E-state index in [2.05, 4.69) is 18.7 Å².